The molecule has 1 saturated heterocycles. The minimum absolute atomic E-state index is 0.0255. The number of carbonyl (C=O) groups is 1. The Balaban J connectivity index is 1.29. The van der Waals surface area contributed by atoms with Crippen molar-refractivity contribution < 1.29 is 14.6 Å². The van der Waals surface area contributed by atoms with Crippen LogP contribution in [-0.4, -0.2) is 67.1 Å². The number of carbonyl (C=O) groups excluding carboxylic acids is 1. The number of piperazine rings is 1. The number of thiophene rings is 1. The Morgan fingerprint density at radius 1 is 0.971 bits per heavy atom. The number of phenolic OH excluding ortho intramolecular Hbond substituents is 1. The van der Waals surface area contributed by atoms with Crippen LogP contribution in [0.4, 0.5) is 0 Å². The van der Waals surface area contributed by atoms with Gasteiger partial charge in [0.1, 0.15) is 11.5 Å². The molecule has 0 atom stereocenters. The molecule has 0 bridgehead atoms. The van der Waals surface area contributed by atoms with Crippen molar-refractivity contribution in [3.63, 3.8) is 0 Å². The molecule has 0 spiro atoms. The van der Waals surface area contributed by atoms with Crippen LogP contribution in [0.2, 0.25) is 0 Å². The monoisotopic (exact) mass is 486 g/mol. The summed E-state index contributed by atoms with van der Waals surface area (Å²) in [5.74, 6) is 0.956. The minimum atomic E-state index is -0.0255. The number of likely N-dealkylation sites (N-methyl/N-ethyl adjacent to an activating group) is 1. The predicted octanol–water partition coefficient (Wildman–Crippen LogP) is 5.52. The van der Waals surface area contributed by atoms with Gasteiger partial charge in [-0.15, -0.1) is 11.3 Å². The van der Waals surface area contributed by atoms with Crippen LogP contribution in [0.15, 0.2) is 72.8 Å². The highest BCUT2D eigenvalue weighted by molar-refractivity contribution is 7.22. The van der Waals surface area contributed by atoms with Gasteiger partial charge in [0, 0.05) is 58.8 Å². The maximum absolute atomic E-state index is 13.7. The van der Waals surface area contributed by atoms with Gasteiger partial charge in [-0.3, -0.25) is 4.79 Å². The first-order valence-corrected chi connectivity index (χ1v) is 12.9. The zero-order valence-electron chi connectivity index (χ0n) is 19.9. The maximum atomic E-state index is 13.7. The number of nitrogens with zero attached hydrogens (tertiary/aromatic N) is 2. The topological polar surface area (TPSA) is 53.0 Å². The third kappa shape index (κ3) is 5.40. The molecular formula is C29H30N2O3S. The first kappa shape index (κ1) is 23.5. The smallest absolute Gasteiger partial charge is 0.195 e. The van der Waals surface area contributed by atoms with E-state index in [0.29, 0.717) is 17.7 Å². The van der Waals surface area contributed by atoms with Crippen LogP contribution in [0.5, 0.6) is 11.5 Å². The number of hydrogen-bond acceptors (Lipinski definition) is 6. The fourth-order valence-corrected chi connectivity index (χ4v) is 5.74. The quantitative estimate of drug-likeness (QED) is 0.263. The molecular weight excluding hydrogens is 456 g/mol. The number of hydrogen-bond donors (Lipinski definition) is 1. The molecule has 1 fully saturated rings. The Labute approximate surface area is 210 Å². The van der Waals surface area contributed by atoms with Gasteiger partial charge in [-0.25, -0.2) is 0 Å². The second-order valence-corrected chi connectivity index (χ2v) is 10.1. The largest absolute Gasteiger partial charge is 0.508 e. The molecule has 3 aromatic carbocycles. The van der Waals surface area contributed by atoms with Crippen molar-refractivity contribution in [3.8, 4) is 21.9 Å². The summed E-state index contributed by atoms with van der Waals surface area (Å²) < 4.78 is 6.84. The average Bonchev–Trinajstić information content (AvgIpc) is 3.26. The molecule has 1 N–H and O–H groups in total. The average molecular weight is 487 g/mol. The van der Waals surface area contributed by atoms with Gasteiger partial charge in [0.2, 0.25) is 0 Å². The molecule has 0 aliphatic carbocycles. The summed E-state index contributed by atoms with van der Waals surface area (Å²) in [6, 6.07) is 22.6. The Kier molecular flexibility index (Phi) is 7.13. The standard InChI is InChI=1S/C29H30N2O3S/c1-30-15-17-31(18-16-30)14-5-19-34-24-11-8-21(9-12-24)28(33)27-25-13-10-23(32)20-26(25)35-29(27)22-6-3-2-4-7-22/h2-4,6-13,20,32H,5,14-19H2,1H3. The number of rotatable bonds is 8. The number of ketones is 1. The van der Waals surface area contributed by atoms with E-state index in [2.05, 4.69) is 16.8 Å². The summed E-state index contributed by atoms with van der Waals surface area (Å²) >= 11 is 1.53. The van der Waals surface area contributed by atoms with Crippen molar-refractivity contribution in [1.82, 2.24) is 9.80 Å². The molecule has 6 heteroatoms. The van der Waals surface area contributed by atoms with E-state index >= 15 is 0 Å². The fraction of sp³-hybridized carbons (Fsp3) is 0.276. The molecule has 180 valence electrons. The Bertz CT molecular complexity index is 1290. The molecule has 4 aromatic rings. The second kappa shape index (κ2) is 10.6. The third-order valence-electron chi connectivity index (χ3n) is 6.54. The Morgan fingerprint density at radius 2 is 1.71 bits per heavy atom. The van der Waals surface area contributed by atoms with Crippen LogP contribution < -0.4 is 4.74 Å². The highest BCUT2D eigenvalue weighted by atomic mass is 32.1. The molecule has 1 aromatic heterocycles. The van der Waals surface area contributed by atoms with Crippen LogP contribution in [-0.2, 0) is 0 Å². The molecule has 1 aliphatic heterocycles. The van der Waals surface area contributed by atoms with Crippen molar-refractivity contribution in [2.45, 2.75) is 6.42 Å². The van der Waals surface area contributed by atoms with E-state index in [0.717, 1.165) is 65.4 Å². The summed E-state index contributed by atoms with van der Waals surface area (Å²) in [5, 5.41) is 10.8. The minimum Gasteiger partial charge on any atom is -0.508 e. The van der Waals surface area contributed by atoms with Gasteiger partial charge in [0.25, 0.3) is 0 Å². The number of ether oxygens (including phenoxy) is 1. The van der Waals surface area contributed by atoms with Gasteiger partial charge < -0.3 is 19.6 Å². The van der Waals surface area contributed by atoms with E-state index in [1.54, 1.807) is 12.1 Å². The zero-order chi connectivity index (χ0) is 24.2. The summed E-state index contributed by atoms with van der Waals surface area (Å²) in [4.78, 5) is 19.4. The van der Waals surface area contributed by atoms with Crippen LogP contribution in [0.25, 0.3) is 20.5 Å². The highest BCUT2D eigenvalue weighted by Crippen LogP contribution is 2.41. The third-order valence-corrected chi connectivity index (χ3v) is 7.74. The molecule has 0 radical (unpaired) electrons. The van der Waals surface area contributed by atoms with Crippen molar-refractivity contribution in [3.05, 3.63) is 83.9 Å². The highest BCUT2D eigenvalue weighted by Gasteiger charge is 2.22. The van der Waals surface area contributed by atoms with E-state index in [9.17, 15) is 9.90 Å². The lowest BCUT2D eigenvalue weighted by Gasteiger charge is -2.32. The molecule has 2 heterocycles. The van der Waals surface area contributed by atoms with Crippen LogP contribution in [0.3, 0.4) is 0 Å². The van der Waals surface area contributed by atoms with Crippen molar-refractivity contribution in [2.24, 2.45) is 0 Å². The zero-order valence-corrected chi connectivity index (χ0v) is 20.8. The van der Waals surface area contributed by atoms with Gasteiger partial charge in [-0.05, 0) is 61.5 Å². The van der Waals surface area contributed by atoms with Gasteiger partial charge in [-0.2, -0.15) is 0 Å². The SMILES string of the molecule is CN1CCN(CCCOc2ccc(C(=O)c3c(-c4ccccc4)sc4cc(O)ccc34)cc2)CC1. The Morgan fingerprint density at radius 3 is 2.46 bits per heavy atom. The number of fused-ring (bicyclic) bond motifs is 1. The van der Waals surface area contributed by atoms with Crippen molar-refractivity contribution in [2.75, 3.05) is 46.4 Å². The van der Waals surface area contributed by atoms with Gasteiger partial charge in [0.05, 0.1) is 6.61 Å². The first-order valence-electron chi connectivity index (χ1n) is 12.1. The molecule has 0 unspecified atom stereocenters. The van der Waals surface area contributed by atoms with E-state index in [4.69, 9.17) is 4.74 Å². The normalized spacial score (nSPS) is 14.9. The molecule has 5 nitrogen and oxygen atoms in total. The van der Waals surface area contributed by atoms with Gasteiger partial charge >= 0.3 is 0 Å². The lowest BCUT2D eigenvalue weighted by atomic mass is 9.97. The lowest BCUT2D eigenvalue weighted by molar-refractivity contribution is 0.104. The van der Waals surface area contributed by atoms with Crippen LogP contribution >= 0.6 is 11.3 Å². The predicted molar refractivity (Wildman–Crippen MR) is 143 cm³/mol. The van der Waals surface area contributed by atoms with Crippen molar-refractivity contribution in [1.29, 1.82) is 0 Å². The molecule has 35 heavy (non-hydrogen) atoms. The number of benzene rings is 3. The lowest BCUT2D eigenvalue weighted by Crippen LogP contribution is -2.44. The van der Waals surface area contributed by atoms with Crippen LogP contribution in [0.1, 0.15) is 22.3 Å². The maximum Gasteiger partial charge on any atom is 0.195 e. The second-order valence-electron chi connectivity index (χ2n) is 9.05. The molecule has 0 amide bonds. The Hall–Kier alpha value is -3.19. The van der Waals surface area contributed by atoms with E-state index < -0.39 is 0 Å². The molecule has 0 saturated carbocycles. The molecule has 5 rings (SSSR count). The van der Waals surface area contributed by atoms with Crippen molar-refractivity contribution >= 4 is 27.2 Å². The fourth-order valence-electron chi connectivity index (χ4n) is 4.50. The van der Waals surface area contributed by atoms with Crippen LogP contribution in [0, 0.1) is 0 Å². The first-order chi connectivity index (χ1) is 17.1. The number of aromatic hydroxyl groups is 1. The van der Waals surface area contributed by atoms with E-state index in [1.165, 1.54) is 11.3 Å². The molecule has 1 aliphatic rings. The summed E-state index contributed by atoms with van der Waals surface area (Å²) in [6.07, 6.45) is 0.985. The van der Waals surface area contributed by atoms with Gasteiger partial charge in [0.15, 0.2) is 5.78 Å². The van der Waals surface area contributed by atoms with E-state index in [-0.39, 0.29) is 11.5 Å². The summed E-state index contributed by atoms with van der Waals surface area (Å²) in [5.41, 5.74) is 2.30. The number of phenols is 1. The summed E-state index contributed by atoms with van der Waals surface area (Å²) in [6.45, 7) is 6.21. The van der Waals surface area contributed by atoms with Gasteiger partial charge in [-0.1, -0.05) is 30.3 Å². The summed E-state index contributed by atoms with van der Waals surface area (Å²) in [7, 11) is 2.17. The van der Waals surface area contributed by atoms with E-state index in [1.807, 2.05) is 60.7 Å².